The van der Waals surface area contributed by atoms with E-state index >= 15 is 0 Å². The van der Waals surface area contributed by atoms with E-state index in [1.807, 2.05) is 78.9 Å². The zero-order valence-corrected chi connectivity index (χ0v) is 13.8. The second-order valence-electron chi connectivity index (χ2n) is 6.11. The highest BCUT2D eigenvalue weighted by molar-refractivity contribution is 6.01. The Morgan fingerprint density at radius 2 is 1.60 bits per heavy atom. The van der Waals surface area contributed by atoms with Gasteiger partial charge in [0.15, 0.2) is 0 Å². The summed E-state index contributed by atoms with van der Waals surface area (Å²) in [6.07, 6.45) is 0.774. The Kier molecular flexibility index (Phi) is 4.21. The average Bonchev–Trinajstić information content (AvgIpc) is 2.69. The number of hydrogen-bond acceptors (Lipinski definition) is 2. The van der Waals surface area contributed by atoms with Crippen LogP contribution in [-0.2, 0) is 0 Å². The Hall–Kier alpha value is -3.07. The van der Waals surface area contributed by atoms with Crippen LogP contribution in [0.4, 0.5) is 0 Å². The molecule has 3 heteroatoms. The van der Waals surface area contributed by atoms with Gasteiger partial charge in [-0.3, -0.25) is 4.79 Å². The molecule has 1 N–H and O–H groups in total. The molecule has 1 aliphatic heterocycles. The molecule has 1 unspecified atom stereocenters. The Morgan fingerprint density at radius 3 is 2.48 bits per heavy atom. The van der Waals surface area contributed by atoms with Crippen LogP contribution >= 0.6 is 0 Å². The van der Waals surface area contributed by atoms with Crippen LogP contribution in [0.15, 0.2) is 78.9 Å². The van der Waals surface area contributed by atoms with Crippen molar-refractivity contribution in [2.75, 3.05) is 6.61 Å². The fourth-order valence-electron chi connectivity index (χ4n) is 3.28. The lowest BCUT2D eigenvalue weighted by molar-refractivity contribution is 0.0925. The maximum absolute atomic E-state index is 13.0. The molecule has 1 heterocycles. The normalized spacial score (nSPS) is 15.8. The molecule has 0 aromatic heterocycles. The second-order valence-corrected chi connectivity index (χ2v) is 6.11. The van der Waals surface area contributed by atoms with Gasteiger partial charge in [-0.05, 0) is 23.3 Å². The van der Waals surface area contributed by atoms with Crippen molar-refractivity contribution in [1.29, 1.82) is 0 Å². The molecule has 0 bridgehead atoms. The average molecular weight is 329 g/mol. The van der Waals surface area contributed by atoms with Crippen LogP contribution in [0, 0.1) is 0 Å². The predicted molar refractivity (Wildman–Crippen MR) is 98.6 cm³/mol. The zero-order chi connectivity index (χ0) is 17.1. The van der Waals surface area contributed by atoms with Gasteiger partial charge in [0.1, 0.15) is 5.75 Å². The molecule has 1 amide bonds. The first kappa shape index (κ1) is 15.5. The van der Waals surface area contributed by atoms with E-state index in [0.717, 1.165) is 28.9 Å². The second kappa shape index (κ2) is 6.81. The topological polar surface area (TPSA) is 38.3 Å². The fourth-order valence-corrected chi connectivity index (χ4v) is 3.28. The van der Waals surface area contributed by atoms with Gasteiger partial charge in [-0.15, -0.1) is 0 Å². The van der Waals surface area contributed by atoms with Crippen LogP contribution in [0.2, 0.25) is 0 Å². The monoisotopic (exact) mass is 329 g/mol. The molecule has 1 aliphatic rings. The summed E-state index contributed by atoms with van der Waals surface area (Å²) in [5.74, 6) is 0.802. The Morgan fingerprint density at radius 1 is 0.880 bits per heavy atom. The summed E-state index contributed by atoms with van der Waals surface area (Å²) in [6.45, 7) is 0.613. The molecule has 3 aromatic rings. The van der Waals surface area contributed by atoms with Crippen molar-refractivity contribution in [3.05, 3.63) is 90.0 Å². The molecule has 0 saturated carbocycles. The van der Waals surface area contributed by atoms with Gasteiger partial charge in [-0.1, -0.05) is 66.7 Å². The van der Waals surface area contributed by atoms with Crippen LogP contribution in [0.25, 0.3) is 11.1 Å². The molecular weight excluding hydrogens is 310 g/mol. The molecular formula is C22H19NO2. The Bertz CT molecular complexity index is 889. The summed E-state index contributed by atoms with van der Waals surface area (Å²) in [5, 5.41) is 3.18. The van der Waals surface area contributed by atoms with E-state index in [4.69, 9.17) is 4.74 Å². The predicted octanol–water partition coefficient (Wildman–Crippen LogP) is 4.61. The Labute approximate surface area is 147 Å². The summed E-state index contributed by atoms with van der Waals surface area (Å²) in [6, 6.07) is 25.6. The van der Waals surface area contributed by atoms with Crippen molar-refractivity contribution in [2.45, 2.75) is 12.5 Å². The lowest BCUT2D eigenvalue weighted by Gasteiger charge is -2.27. The number of benzene rings is 3. The molecule has 25 heavy (non-hydrogen) atoms. The number of ether oxygens (including phenoxy) is 1. The van der Waals surface area contributed by atoms with Gasteiger partial charge in [-0.2, -0.15) is 0 Å². The SMILES string of the molecule is O=C(NC1CCOc2ccccc21)c1ccccc1-c1ccccc1. The minimum atomic E-state index is -0.0545. The molecule has 0 spiro atoms. The molecule has 1 atom stereocenters. The summed E-state index contributed by atoms with van der Waals surface area (Å²) in [7, 11) is 0. The van der Waals surface area contributed by atoms with E-state index in [-0.39, 0.29) is 11.9 Å². The number of hydrogen-bond donors (Lipinski definition) is 1. The number of carbonyl (C=O) groups excluding carboxylic acids is 1. The number of rotatable bonds is 3. The highest BCUT2D eigenvalue weighted by Gasteiger charge is 2.24. The highest BCUT2D eigenvalue weighted by atomic mass is 16.5. The minimum Gasteiger partial charge on any atom is -0.493 e. The third-order valence-corrected chi connectivity index (χ3v) is 4.52. The fraction of sp³-hybridized carbons (Fsp3) is 0.136. The van der Waals surface area contributed by atoms with Crippen molar-refractivity contribution in [3.8, 4) is 16.9 Å². The summed E-state index contributed by atoms with van der Waals surface area (Å²) in [4.78, 5) is 13.0. The largest absolute Gasteiger partial charge is 0.493 e. The van der Waals surface area contributed by atoms with Crippen molar-refractivity contribution in [1.82, 2.24) is 5.32 Å². The van der Waals surface area contributed by atoms with Gasteiger partial charge < -0.3 is 10.1 Å². The lowest BCUT2D eigenvalue weighted by atomic mass is 9.97. The van der Waals surface area contributed by atoms with Crippen LogP contribution in [0.3, 0.4) is 0 Å². The van der Waals surface area contributed by atoms with E-state index in [9.17, 15) is 4.79 Å². The maximum Gasteiger partial charge on any atom is 0.252 e. The molecule has 4 rings (SSSR count). The molecule has 124 valence electrons. The van der Waals surface area contributed by atoms with Crippen molar-refractivity contribution < 1.29 is 9.53 Å². The number of nitrogens with one attached hydrogen (secondary N) is 1. The number of fused-ring (bicyclic) bond motifs is 1. The lowest BCUT2D eigenvalue weighted by Crippen LogP contribution is -2.32. The smallest absolute Gasteiger partial charge is 0.252 e. The third kappa shape index (κ3) is 3.13. The quantitative estimate of drug-likeness (QED) is 0.762. The molecule has 0 saturated heterocycles. The van der Waals surface area contributed by atoms with E-state index in [2.05, 4.69) is 5.32 Å². The number of amides is 1. The molecule has 3 nitrogen and oxygen atoms in total. The van der Waals surface area contributed by atoms with E-state index < -0.39 is 0 Å². The first-order valence-corrected chi connectivity index (χ1v) is 8.50. The maximum atomic E-state index is 13.0. The van der Waals surface area contributed by atoms with E-state index in [1.54, 1.807) is 0 Å². The van der Waals surface area contributed by atoms with Crippen LogP contribution in [-0.4, -0.2) is 12.5 Å². The zero-order valence-electron chi connectivity index (χ0n) is 13.8. The molecule has 3 aromatic carbocycles. The van der Waals surface area contributed by atoms with Crippen LogP contribution < -0.4 is 10.1 Å². The summed E-state index contributed by atoms with van der Waals surface area (Å²) < 4.78 is 5.68. The van der Waals surface area contributed by atoms with E-state index in [1.165, 1.54) is 0 Å². The molecule has 0 radical (unpaired) electrons. The number of para-hydroxylation sites is 1. The highest BCUT2D eigenvalue weighted by Crippen LogP contribution is 2.32. The Balaban J connectivity index is 1.63. The van der Waals surface area contributed by atoms with Crippen molar-refractivity contribution >= 4 is 5.91 Å². The van der Waals surface area contributed by atoms with E-state index in [0.29, 0.717) is 12.2 Å². The molecule has 0 aliphatic carbocycles. The molecule has 0 fully saturated rings. The standard InChI is InChI=1S/C22H19NO2/c24-22(23-20-14-15-25-21-13-7-6-12-19(20)21)18-11-5-4-10-17(18)16-8-2-1-3-9-16/h1-13,20H,14-15H2,(H,23,24). The van der Waals surface area contributed by atoms with Gasteiger partial charge in [0.05, 0.1) is 12.6 Å². The van der Waals surface area contributed by atoms with Crippen LogP contribution in [0.1, 0.15) is 28.4 Å². The van der Waals surface area contributed by atoms with Gasteiger partial charge in [0.25, 0.3) is 5.91 Å². The van der Waals surface area contributed by atoms with Gasteiger partial charge in [-0.25, -0.2) is 0 Å². The minimum absolute atomic E-state index is 0.0266. The van der Waals surface area contributed by atoms with Gasteiger partial charge in [0.2, 0.25) is 0 Å². The first-order valence-electron chi connectivity index (χ1n) is 8.50. The van der Waals surface area contributed by atoms with Crippen LogP contribution in [0.5, 0.6) is 5.75 Å². The summed E-state index contributed by atoms with van der Waals surface area (Å²) in [5.41, 5.74) is 3.72. The third-order valence-electron chi connectivity index (χ3n) is 4.52. The van der Waals surface area contributed by atoms with Crippen molar-refractivity contribution in [3.63, 3.8) is 0 Å². The van der Waals surface area contributed by atoms with Gasteiger partial charge in [0, 0.05) is 17.5 Å². The van der Waals surface area contributed by atoms with Crippen molar-refractivity contribution in [2.24, 2.45) is 0 Å². The first-order chi connectivity index (χ1) is 12.3. The summed E-state index contributed by atoms with van der Waals surface area (Å²) >= 11 is 0. The van der Waals surface area contributed by atoms with Gasteiger partial charge >= 0.3 is 0 Å². The number of carbonyl (C=O) groups is 1.